The first-order valence-electron chi connectivity index (χ1n) is 5.24. The van der Waals surface area contributed by atoms with Crippen molar-refractivity contribution in [2.24, 2.45) is 0 Å². The van der Waals surface area contributed by atoms with Gasteiger partial charge in [0.25, 0.3) is 0 Å². The molecule has 2 atom stereocenters. The summed E-state index contributed by atoms with van der Waals surface area (Å²) < 4.78 is 5.58. The number of terminal acetylenes is 1. The van der Waals surface area contributed by atoms with Gasteiger partial charge in [0, 0.05) is 18.7 Å². The lowest BCUT2D eigenvalue weighted by molar-refractivity contribution is 0.140. The van der Waals surface area contributed by atoms with Crippen LogP contribution in [0.15, 0.2) is 24.4 Å². The van der Waals surface area contributed by atoms with Gasteiger partial charge in [-0.3, -0.25) is 4.90 Å². The van der Waals surface area contributed by atoms with E-state index in [0.29, 0.717) is 12.3 Å². The van der Waals surface area contributed by atoms with Gasteiger partial charge in [-0.2, -0.15) is 0 Å². The van der Waals surface area contributed by atoms with Gasteiger partial charge in [-0.15, -0.1) is 6.42 Å². The number of likely N-dealkylation sites (tertiary alicyclic amines) is 1. The molecule has 0 bridgehead atoms. The Morgan fingerprint density at radius 3 is 3.00 bits per heavy atom. The molecule has 0 aliphatic carbocycles. The van der Waals surface area contributed by atoms with Crippen LogP contribution in [0.2, 0.25) is 0 Å². The molecule has 2 rings (SSSR count). The minimum absolute atomic E-state index is 0.234. The predicted octanol–water partition coefficient (Wildman–Crippen LogP) is 1.21. The van der Waals surface area contributed by atoms with Crippen molar-refractivity contribution >= 4 is 6.09 Å². The molecule has 1 amide bonds. The molecule has 1 aliphatic heterocycles. The van der Waals surface area contributed by atoms with Crippen LogP contribution >= 0.6 is 0 Å². The van der Waals surface area contributed by atoms with E-state index in [-0.39, 0.29) is 12.6 Å². The van der Waals surface area contributed by atoms with Crippen molar-refractivity contribution in [3.63, 3.8) is 0 Å². The first-order valence-corrected chi connectivity index (χ1v) is 5.24. The maximum atomic E-state index is 10.9. The molecule has 1 fully saturated rings. The molecule has 1 saturated heterocycles. The summed E-state index contributed by atoms with van der Waals surface area (Å²) in [5.74, 6) is 2.94. The summed E-state index contributed by atoms with van der Waals surface area (Å²) >= 11 is 0. The fourth-order valence-corrected chi connectivity index (χ4v) is 1.84. The summed E-state index contributed by atoms with van der Waals surface area (Å²) in [6, 6.07) is 4.91. The number of aromatic nitrogens is 1. The van der Waals surface area contributed by atoms with Gasteiger partial charge in [0.05, 0.1) is 12.6 Å². The summed E-state index contributed by atoms with van der Waals surface area (Å²) in [7, 11) is 0. The van der Waals surface area contributed by atoms with Gasteiger partial charge in [0.2, 0.25) is 5.88 Å². The highest BCUT2D eigenvalue weighted by Gasteiger charge is 2.35. The highest BCUT2D eigenvalue weighted by atomic mass is 16.5. The number of carbonyl (C=O) groups is 1. The molecule has 17 heavy (non-hydrogen) atoms. The second-order valence-electron chi connectivity index (χ2n) is 3.76. The molecule has 0 aromatic carbocycles. The van der Waals surface area contributed by atoms with Gasteiger partial charge in [-0.25, -0.2) is 9.78 Å². The van der Waals surface area contributed by atoms with E-state index < -0.39 is 12.1 Å². The second-order valence-corrected chi connectivity index (χ2v) is 3.76. The zero-order valence-electron chi connectivity index (χ0n) is 9.11. The molecule has 1 aliphatic rings. The van der Waals surface area contributed by atoms with Crippen LogP contribution in [-0.2, 0) is 0 Å². The van der Waals surface area contributed by atoms with Crippen molar-refractivity contribution in [3.05, 3.63) is 24.4 Å². The number of rotatable bonds is 2. The number of nitrogens with zero attached hydrogens (tertiary/aromatic N) is 2. The first kappa shape index (κ1) is 11.3. The van der Waals surface area contributed by atoms with Crippen molar-refractivity contribution in [2.75, 3.05) is 6.54 Å². The Labute approximate surface area is 99.0 Å². The van der Waals surface area contributed by atoms with E-state index in [2.05, 4.69) is 10.9 Å². The largest absolute Gasteiger partial charge is 0.472 e. The number of amides is 1. The van der Waals surface area contributed by atoms with E-state index in [1.54, 1.807) is 18.3 Å². The number of hydrogen-bond acceptors (Lipinski definition) is 3. The Kier molecular flexibility index (Phi) is 3.15. The summed E-state index contributed by atoms with van der Waals surface area (Å²) in [6.07, 6.45) is 6.17. The zero-order valence-corrected chi connectivity index (χ0v) is 9.11. The normalized spacial score (nSPS) is 23.1. The SMILES string of the molecule is C#C[C@H]1C[C@H](Oc2ccccn2)CN1C(=O)O. The Morgan fingerprint density at radius 2 is 2.47 bits per heavy atom. The van der Waals surface area contributed by atoms with Crippen molar-refractivity contribution in [1.82, 2.24) is 9.88 Å². The fourth-order valence-electron chi connectivity index (χ4n) is 1.84. The van der Waals surface area contributed by atoms with E-state index in [9.17, 15) is 4.79 Å². The summed E-state index contributed by atoms with van der Waals surface area (Å²) in [5.41, 5.74) is 0. The van der Waals surface area contributed by atoms with Crippen molar-refractivity contribution in [1.29, 1.82) is 0 Å². The van der Waals surface area contributed by atoms with E-state index in [1.165, 1.54) is 4.90 Å². The third-order valence-corrected chi connectivity index (χ3v) is 2.63. The van der Waals surface area contributed by atoms with Crippen molar-refractivity contribution < 1.29 is 14.6 Å². The fraction of sp³-hybridized carbons (Fsp3) is 0.333. The zero-order chi connectivity index (χ0) is 12.3. The van der Waals surface area contributed by atoms with Gasteiger partial charge >= 0.3 is 6.09 Å². The highest BCUT2D eigenvalue weighted by Crippen LogP contribution is 2.21. The Hall–Kier alpha value is -2.22. The lowest BCUT2D eigenvalue weighted by atomic mass is 10.2. The number of ether oxygens (including phenoxy) is 1. The maximum absolute atomic E-state index is 10.9. The Bertz CT molecular complexity index is 441. The van der Waals surface area contributed by atoms with Crippen LogP contribution in [0.3, 0.4) is 0 Å². The van der Waals surface area contributed by atoms with Gasteiger partial charge < -0.3 is 9.84 Å². The molecular formula is C12H12N2O3. The minimum atomic E-state index is -1.01. The topological polar surface area (TPSA) is 62.7 Å². The smallest absolute Gasteiger partial charge is 0.408 e. The summed E-state index contributed by atoms with van der Waals surface area (Å²) in [4.78, 5) is 16.2. The van der Waals surface area contributed by atoms with E-state index >= 15 is 0 Å². The predicted molar refractivity (Wildman–Crippen MR) is 60.6 cm³/mol. The average molecular weight is 232 g/mol. The molecule has 0 unspecified atom stereocenters. The first-order chi connectivity index (χ1) is 8.20. The van der Waals surface area contributed by atoms with E-state index in [0.717, 1.165) is 0 Å². The van der Waals surface area contributed by atoms with Crippen LogP contribution in [0.4, 0.5) is 4.79 Å². The number of pyridine rings is 1. The lowest BCUT2D eigenvalue weighted by Crippen LogP contribution is -2.34. The second kappa shape index (κ2) is 4.74. The van der Waals surface area contributed by atoms with Gasteiger partial charge in [0.1, 0.15) is 6.10 Å². The molecule has 0 spiro atoms. The third-order valence-electron chi connectivity index (χ3n) is 2.63. The summed E-state index contributed by atoms with van der Waals surface area (Å²) in [5, 5.41) is 8.96. The lowest BCUT2D eigenvalue weighted by Gasteiger charge is -2.15. The molecule has 2 heterocycles. The van der Waals surface area contributed by atoms with Crippen LogP contribution in [0.5, 0.6) is 5.88 Å². The van der Waals surface area contributed by atoms with E-state index in [1.807, 2.05) is 6.07 Å². The van der Waals surface area contributed by atoms with Crippen LogP contribution in [0.25, 0.3) is 0 Å². The highest BCUT2D eigenvalue weighted by molar-refractivity contribution is 5.66. The summed E-state index contributed by atoms with van der Waals surface area (Å²) in [6.45, 7) is 0.279. The Balaban J connectivity index is 2.02. The van der Waals surface area contributed by atoms with Crippen molar-refractivity contribution in [3.8, 4) is 18.2 Å². The quantitative estimate of drug-likeness (QED) is 0.778. The van der Waals surface area contributed by atoms with Gasteiger partial charge in [-0.1, -0.05) is 12.0 Å². The number of hydrogen-bond donors (Lipinski definition) is 1. The minimum Gasteiger partial charge on any atom is -0.472 e. The molecule has 0 radical (unpaired) electrons. The molecule has 1 N–H and O–H groups in total. The van der Waals surface area contributed by atoms with Gasteiger partial charge in [0.15, 0.2) is 0 Å². The number of carboxylic acid groups (broad SMARTS) is 1. The van der Waals surface area contributed by atoms with Crippen LogP contribution in [-0.4, -0.2) is 39.8 Å². The Morgan fingerprint density at radius 1 is 1.65 bits per heavy atom. The third kappa shape index (κ3) is 2.48. The molecular weight excluding hydrogens is 220 g/mol. The molecule has 1 aromatic heterocycles. The van der Waals surface area contributed by atoms with Crippen LogP contribution < -0.4 is 4.74 Å². The van der Waals surface area contributed by atoms with Crippen molar-refractivity contribution in [2.45, 2.75) is 18.6 Å². The van der Waals surface area contributed by atoms with Gasteiger partial charge in [-0.05, 0) is 6.07 Å². The monoisotopic (exact) mass is 232 g/mol. The molecule has 1 aromatic rings. The molecule has 0 saturated carbocycles. The molecule has 88 valence electrons. The maximum Gasteiger partial charge on any atom is 0.408 e. The molecule has 5 nitrogen and oxygen atoms in total. The standard InChI is InChI=1S/C12H12N2O3/c1-2-9-7-10(8-14(9)12(15)16)17-11-5-3-4-6-13-11/h1,3-6,9-10H,7-8H2,(H,15,16)/t9-,10-/m0/s1. The molecule has 5 heteroatoms. The average Bonchev–Trinajstić information content (AvgIpc) is 2.73. The van der Waals surface area contributed by atoms with Crippen LogP contribution in [0, 0.1) is 12.3 Å². The van der Waals surface area contributed by atoms with E-state index in [4.69, 9.17) is 16.3 Å². The van der Waals surface area contributed by atoms with Crippen LogP contribution in [0.1, 0.15) is 6.42 Å².